The highest BCUT2D eigenvalue weighted by Crippen LogP contribution is 2.28. The zero-order chi connectivity index (χ0) is 15.0. The number of nitrogens with one attached hydrogen (secondary N) is 1. The largest absolute Gasteiger partial charge is 0.399 e. The summed E-state index contributed by atoms with van der Waals surface area (Å²) in [7, 11) is 0. The molecule has 0 atom stereocenters. The van der Waals surface area contributed by atoms with Crippen LogP contribution in [0.15, 0.2) is 36.4 Å². The standard InChI is InChI=1S/C15H12ClN3OS/c1-8-6-9(2-4-11(8)16)14(20)19-15-18-12-5-3-10(17)7-13(12)21-15/h2-7H,17H2,1H3,(H,18,19,20). The number of aromatic nitrogens is 1. The second-order valence-corrected chi connectivity index (χ2v) is 6.10. The minimum absolute atomic E-state index is 0.207. The number of nitrogens with two attached hydrogens (primary N) is 1. The van der Waals surface area contributed by atoms with E-state index in [0.29, 0.717) is 21.4 Å². The predicted octanol–water partition coefficient (Wildman–Crippen LogP) is 4.09. The van der Waals surface area contributed by atoms with Gasteiger partial charge in [-0.1, -0.05) is 22.9 Å². The molecule has 0 aliphatic heterocycles. The first kappa shape index (κ1) is 13.9. The second kappa shape index (κ2) is 5.35. The van der Waals surface area contributed by atoms with E-state index in [4.69, 9.17) is 17.3 Å². The van der Waals surface area contributed by atoms with E-state index in [-0.39, 0.29) is 5.91 Å². The molecule has 1 aromatic heterocycles. The molecule has 0 unspecified atom stereocenters. The number of carbonyl (C=O) groups is 1. The summed E-state index contributed by atoms with van der Waals surface area (Å²) in [6.07, 6.45) is 0. The average molecular weight is 318 g/mol. The molecule has 1 heterocycles. The van der Waals surface area contributed by atoms with Gasteiger partial charge >= 0.3 is 0 Å². The lowest BCUT2D eigenvalue weighted by atomic mass is 10.1. The molecule has 0 saturated heterocycles. The van der Waals surface area contributed by atoms with E-state index >= 15 is 0 Å². The number of anilines is 2. The van der Waals surface area contributed by atoms with Crippen LogP contribution >= 0.6 is 22.9 Å². The van der Waals surface area contributed by atoms with Gasteiger partial charge in [-0.05, 0) is 48.9 Å². The van der Waals surface area contributed by atoms with E-state index in [9.17, 15) is 4.79 Å². The highest BCUT2D eigenvalue weighted by molar-refractivity contribution is 7.22. The quantitative estimate of drug-likeness (QED) is 0.699. The van der Waals surface area contributed by atoms with Gasteiger partial charge in [-0.2, -0.15) is 0 Å². The van der Waals surface area contributed by atoms with Crippen LogP contribution in [0.25, 0.3) is 10.2 Å². The molecule has 0 radical (unpaired) electrons. The Morgan fingerprint density at radius 1 is 1.29 bits per heavy atom. The first-order valence-corrected chi connectivity index (χ1v) is 7.46. The van der Waals surface area contributed by atoms with Gasteiger partial charge in [0.1, 0.15) is 0 Å². The molecule has 0 fully saturated rings. The minimum Gasteiger partial charge on any atom is -0.399 e. The summed E-state index contributed by atoms with van der Waals surface area (Å²) in [5.74, 6) is -0.207. The van der Waals surface area contributed by atoms with Crippen LogP contribution in [0.4, 0.5) is 10.8 Å². The zero-order valence-corrected chi connectivity index (χ0v) is 12.8. The number of carbonyl (C=O) groups excluding carboxylic acids is 1. The maximum atomic E-state index is 12.2. The number of amides is 1. The fraction of sp³-hybridized carbons (Fsp3) is 0.0667. The van der Waals surface area contributed by atoms with E-state index in [1.54, 1.807) is 24.3 Å². The summed E-state index contributed by atoms with van der Waals surface area (Å²) < 4.78 is 0.942. The molecule has 3 rings (SSSR count). The highest BCUT2D eigenvalue weighted by atomic mass is 35.5. The van der Waals surface area contributed by atoms with E-state index < -0.39 is 0 Å². The maximum absolute atomic E-state index is 12.2. The highest BCUT2D eigenvalue weighted by Gasteiger charge is 2.11. The molecule has 6 heteroatoms. The van der Waals surface area contributed by atoms with Gasteiger partial charge in [0.2, 0.25) is 0 Å². The molecule has 0 spiro atoms. The number of benzene rings is 2. The smallest absolute Gasteiger partial charge is 0.257 e. The number of hydrogen-bond acceptors (Lipinski definition) is 4. The summed E-state index contributed by atoms with van der Waals surface area (Å²) in [4.78, 5) is 16.6. The number of aryl methyl sites for hydroxylation is 1. The topological polar surface area (TPSA) is 68.0 Å². The van der Waals surface area contributed by atoms with Gasteiger partial charge in [-0.25, -0.2) is 4.98 Å². The molecule has 106 valence electrons. The number of halogens is 1. The monoisotopic (exact) mass is 317 g/mol. The van der Waals surface area contributed by atoms with Crippen LogP contribution in [0.5, 0.6) is 0 Å². The van der Waals surface area contributed by atoms with Gasteiger partial charge in [0, 0.05) is 16.3 Å². The third-order valence-corrected chi connectivity index (χ3v) is 4.41. The number of fused-ring (bicyclic) bond motifs is 1. The van der Waals surface area contributed by atoms with Crippen molar-refractivity contribution < 1.29 is 4.79 Å². The normalized spacial score (nSPS) is 10.8. The van der Waals surface area contributed by atoms with Gasteiger partial charge in [-0.3, -0.25) is 10.1 Å². The van der Waals surface area contributed by atoms with Crippen LogP contribution in [0.2, 0.25) is 5.02 Å². The molecule has 4 nitrogen and oxygen atoms in total. The Kier molecular flexibility index (Phi) is 3.53. The van der Waals surface area contributed by atoms with E-state index in [0.717, 1.165) is 15.8 Å². The van der Waals surface area contributed by atoms with Crippen molar-refractivity contribution in [2.24, 2.45) is 0 Å². The van der Waals surface area contributed by atoms with Crippen molar-refractivity contribution in [2.75, 3.05) is 11.1 Å². The molecule has 2 aromatic carbocycles. The van der Waals surface area contributed by atoms with Crippen molar-refractivity contribution in [3.63, 3.8) is 0 Å². The first-order valence-electron chi connectivity index (χ1n) is 6.26. The SMILES string of the molecule is Cc1cc(C(=O)Nc2nc3ccc(N)cc3s2)ccc1Cl. The van der Waals surface area contributed by atoms with Crippen LogP contribution in [-0.4, -0.2) is 10.9 Å². The van der Waals surface area contributed by atoms with Gasteiger partial charge in [0.25, 0.3) is 5.91 Å². The molecule has 0 aliphatic rings. The molecule has 21 heavy (non-hydrogen) atoms. The Labute approximate surface area is 130 Å². The molecule has 0 bridgehead atoms. The summed E-state index contributed by atoms with van der Waals surface area (Å²) in [5.41, 5.74) is 8.64. The lowest BCUT2D eigenvalue weighted by Crippen LogP contribution is -2.11. The van der Waals surface area contributed by atoms with E-state index in [2.05, 4.69) is 10.3 Å². The Hall–Kier alpha value is -2.11. The van der Waals surface area contributed by atoms with Crippen LogP contribution in [0.1, 0.15) is 15.9 Å². The summed E-state index contributed by atoms with van der Waals surface area (Å²) in [6, 6.07) is 10.6. The average Bonchev–Trinajstić information content (AvgIpc) is 2.83. The van der Waals surface area contributed by atoms with Gasteiger partial charge in [-0.15, -0.1) is 0 Å². The zero-order valence-electron chi connectivity index (χ0n) is 11.2. The van der Waals surface area contributed by atoms with Crippen molar-refractivity contribution in [1.82, 2.24) is 4.98 Å². The van der Waals surface area contributed by atoms with Gasteiger partial charge in [0.15, 0.2) is 5.13 Å². The Morgan fingerprint density at radius 2 is 2.10 bits per heavy atom. The number of rotatable bonds is 2. The Morgan fingerprint density at radius 3 is 2.86 bits per heavy atom. The fourth-order valence-corrected chi connectivity index (χ4v) is 2.98. The minimum atomic E-state index is -0.207. The van der Waals surface area contributed by atoms with E-state index in [1.807, 2.05) is 19.1 Å². The van der Waals surface area contributed by atoms with Crippen LogP contribution in [-0.2, 0) is 0 Å². The second-order valence-electron chi connectivity index (χ2n) is 4.66. The summed E-state index contributed by atoms with van der Waals surface area (Å²) >= 11 is 7.35. The first-order chi connectivity index (χ1) is 10.0. The molecular formula is C15H12ClN3OS. The molecule has 3 aromatic rings. The number of thiazole rings is 1. The van der Waals surface area contributed by atoms with Crippen molar-refractivity contribution in [1.29, 1.82) is 0 Å². The Balaban J connectivity index is 1.87. The van der Waals surface area contributed by atoms with Crippen molar-refractivity contribution in [2.45, 2.75) is 6.92 Å². The lowest BCUT2D eigenvalue weighted by molar-refractivity contribution is 0.102. The maximum Gasteiger partial charge on any atom is 0.257 e. The van der Waals surface area contributed by atoms with Gasteiger partial charge in [0.05, 0.1) is 10.2 Å². The Bertz CT molecular complexity index is 844. The summed E-state index contributed by atoms with van der Waals surface area (Å²) in [5, 5.41) is 3.99. The molecular weight excluding hydrogens is 306 g/mol. The third kappa shape index (κ3) is 2.84. The predicted molar refractivity (Wildman–Crippen MR) is 88.2 cm³/mol. The lowest BCUT2D eigenvalue weighted by Gasteiger charge is -2.03. The van der Waals surface area contributed by atoms with Crippen molar-refractivity contribution in [3.8, 4) is 0 Å². The van der Waals surface area contributed by atoms with Crippen molar-refractivity contribution >= 4 is 49.9 Å². The molecule has 3 N–H and O–H groups in total. The number of nitrogens with zero attached hydrogens (tertiary/aromatic N) is 1. The number of hydrogen-bond donors (Lipinski definition) is 2. The van der Waals surface area contributed by atoms with Crippen LogP contribution < -0.4 is 11.1 Å². The fourth-order valence-electron chi connectivity index (χ4n) is 1.95. The van der Waals surface area contributed by atoms with Crippen LogP contribution in [0.3, 0.4) is 0 Å². The molecule has 0 aliphatic carbocycles. The molecule has 1 amide bonds. The van der Waals surface area contributed by atoms with Crippen molar-refractivity contribution in [3.05, 3.63) is 52.5 Å². The summed E-state index contributed by atoms with van der Waals surface area (Å²) in [6.45, 7) is 1.86. The van der Waals surface area contributed by atoms with Gasteiger partial charge < -0.3 is 5.73 Å². The van der Waals surface area contributed by atoms with Crippen LogP contribution in [0, 0.1) is 6.92 Å². The molecule has 0 saturated carbocycles. The number of nitrogen functional groups attached to an aromatic ring is 1. The third-order valence-electron chi connectivity index (χ3n) is 3.05. The van der Waals surface area contributed by atoms with E-state index in [1.165, 1.54) is 11.3 Å².